The normalized spacial score (nSPS) is 14.3. The predicted molar refractivity (Wildman–Crippen MR) is 139 cm³/mol. The second-order valence-corrected chi connectivity index (χ2v) is 9.96. The van der Waals surface area contributed by atoms with E-state index in [1.807, 2.05) is 34.7 Å². The second-order valence-electron chi connectivity index (χ2n) is 8.22. The van der Waals surface area contributed by atoms with Crippen LogP contribution in [0.3, 0.4) is 0 Å². The van der Waals surface area contributed by atoms with Crippen molar-refractivity contribution in [3.8, 4) is 27.6 Å². The van der Waals surface area contributed by atoms with Crippen LogP contribution in [0.5, 0.6) is 0 Å². The predicted octanol–water partition coefficient (Wildman–Crippen LogP) is 5.59. The smallest absolute Gasteiger partial charge is 0.286 e. The largest absolute Gasteiger partial charge is 0.390 e. The third kappa shape index (κ3) is 4.98. The quantitative estimate of drug-likeness (QED) is 0.341. The molecule has 4 aromatic rings. The van der Waals surface area contributed by atoms with Crippen molar-refractivity contribution >= 4 is 40.4 Å². The van der Waals surface area contributed by atoms with Crippen molar-refractivity contribution in [1.82, 2.24) is 25.0 Å². The highest BCUT2D eigenvalue weighted by molar-refractivity contribution is 7.13. The molecule has 10 heteroatoms. The number of carbonyl (C=O) groups excluding carboxylic acids is 1. The minimum atomic E-state index is -0.380. The van der Waals surface area contributed by atoms with Gasteiger partial charge in [0.15, 0.2) is 5.69 Å². The summed E-state index contributed by atoms with van der Waals surface area (Å²) in [5, 5.41) is 16.0. The Morgan fingerprint density at radius 3 is 2.51 bits per heavy atom. The topological polar surface area (TPSA) is 83.3 Å². The number of thiazole rings is 1. The van der Waals surface area contributed by atoms with E-state index in [1.54, 1.807) is 40.3 Å². The Balaban J connectivity index is 1.61. The van der Waals surface area contributed by atoms with Crippen LogP contribution in [0.4, 0.5) is 0 Å². The lowest BCUT2D eigenvalue weighted by Crippen LogP contribution is -2.45. The van der Waals surface area contributed by atoms with Gasteiger partial charge in [-0.2, -0.15) is 0 Å². The molecule has 0 saturated carbocycles. The van der Waals surface area contributed by atoms with Crippen LogP contribution >= 0.6 is 34.5 Å². The first-order valence-corrected chi connectivity index (χ1v) is 12.9. The first-order chi connectivity index (χ1) is 17.0. The number of aliphatic hydroxyl groups is 1. The van der Waals surface area contributed by atoms with Crippen LogP contribution in [0.15, 0.2) is 54.0 Å². The Labute approximate surface area is 216 Å². The van der Waals surface area contributed by atoms with E-state index in [0.717, 1.165) is 48.6 Å². The molecule has 2 aromatic heterocycles. The Morgan fingerprint density at radius 1 is 1.09 bits per heavy atom. The first-order valence-electron chi connectivity index (χ1n) is 11.3. The summed E-state index contributed by atoms with van der Waals surface area (Å²) in [6.07, 6.45) is 4.97. The lowest BCUT2D eigenvalue weighted by molar-refractivity contribution is 0.0742. The molecule has 5 rings (SSSR count). The zero-order valence-corrected chi connectivity index (χ0v) is 21.1. The maximum Gasteiger partial charge on any atom is 0.286 e. The number of halogens is 2. The molecular weight excluding hydrogens is 505 g/mol. The number of piperidine rings is 1. The van der Waals surface area contributed by atoms with E-state index in [2.05, 4.69) is 15.4 Å². The van der Waals surface area contributed by atoms with Crippen molar-refractivity contribution in [2.75, 3.05) is 13.1 Å². The summed E-state index contributed by atoms with van der Waals surface area (Å²) >= 11 is 14.2. The fraction of sp³-hybridized carbons (Fsp3) is 0.240. The fourth-order valence-electron chi connectivity index (χ4n) is 4.23. The van der Waals surface area contributed by atoms with Crippen LogP contribution in [-0.4, -0.2) is 43.6 Å². The molecule has 1 fully saturated rings. The highest BCUT2D eigenvalue weighted by atomic mass is 35.5. The third-order valence-corrected chi connectivity index (χ3v) is 7.30. The van der Waals surface area contributed by atoms with Gasteiger partial charge in [0.25, 0.3) is 5.91 Å². The van der Waals surface area contributed by atoms with Gasteiger partial charge in [0.05, 0.1) is 17.3 Å². The monoisotopic (exact) mass is 527 g/mol. The maximum absolute atomic E-state index is 13.3. The number of rotatable bonds is 6. The summed E-state index contributed by atoms with van der Waals surface area (Å²) in [5.41, 5.74) is 5.80. The summed E-state index contributed by atoms with van der Waals surface area (Å²) in [6.45, 7) is 1.19. The molecule has 0 unspecified atom stereocenters. The van der Waals surface area contributed by atoms with Gasteiger partial charge >= 0.3 is 0 Å². The average Bonchev–Trinajstić information content (AvgIpc) is 3.53. The van der Waals surface area contributed by atoms with Crippen LogP contribution in [-0.2, 0) is 6.61 Å². The van der Waals surface area contributed by atoms with E-state index >= 15 is 0 Å². The Bertz CT molecular complexity index is 1330. The summed E-state index contributed by atoms with van der Waals surface area (Å²) in [4.78, 5) is 22.3. The summed E-state index contributed by atoms with van der Waals surface area (Å²) < 4.78 is 1.77. The molecule has 35 heavy (non-hydrogen) atoms. The Hall–Kier alpha value is -2.75. The van der Waals surface area contributed by atoms with E-state index in [-0.39, 0.29) is 18.2 Å². The summed E-state index contributed by atoms with van der Waals surface area (Å²) in [6, 6.07) is 12.9. The molecule has 1 aliphatic rings. The first kappa shape index (κ1) is 24.0. The van der Waals surface area contributed by atoms with Gasteiger partial charge in [0, 0.05) is 46.5 Å². The van der Waals surface area contributed by atoms with E-state index in [1.165, 1.54) is 0 Å². The van der Waals surface area contributed by atoms with Crippen molar-refractivity contribution < 1.29 is 9.90 Å². The lowest BCUT2D eigenvalue weighted by atomic mass is 10.1. The minimum absolute atomic E-state index is 0.156. The van der Waals surface area contributed by atoms with Crippen molar-refractivity contribution in [3.63, 3.8) is 0 Å². The molecule has 3 heterocycles. The number of hydrogen-bond donors (Lipinski definition) is 2. The molecule has 0 aliphatic carbocycles. The number of imidazole rings is 1. The van der Waals surface area contributed by atoms with Gasteiger partial charge in [-0.25, -0.2) is 15.0 Å². The van der Waals surface area contributed by atoms with Gasteiger partial charge in [-0.3, -0.25) is 14.8 Å². The van der Waals surface area contributed by atoms with Gasteiger partial charge in [-0.15, -0.1) is 11.3 Å². The molecule has 1 aliphatic heterocycles. The Kier molecular flexibility index (Phi) is 7.17. The molecule has 0 atom stereocenters. The standard InChI is InChI=1S/C25H23Cl2N5O2S/c26-17-6-9-19(20(27)14-17)23-29-22(24(34)30-31-11-2-1-3-12-31)21(15-33)32(23)18-7-4-16(5-8-18)25-28-10-13-35-25/h4-10,13-14,33H,1-3,11-12,15H2,(H,30,34). The zero-order valence-electron chi connectivity index (χ0n) is 18.7. The van der Waals surface area contributed by atoms with Gasteiger partial charge in [-0.05, 0) is 55.3 Å². The number of aliphatic hydroxyl groups excluding tert-OH is 1. The van der Waals surface area contributed by atoms with Crippen molar-refractivity contribution in [1.29, 1.82) is 0 Å². The lowest BCUT2D eigenvalue weighted by Gasteiger charge is -2.26. The molecule has 0 spiro atoms. The number of carbonyl (C=O) groups is 1. The number of benzene rings is 2. The summed E-state index contributed by atoms with van der Waals surface area (Å²) in [7, 11) is 0. The van der Waals surface area contributed by atoms with E-state index in [0.29, 0.717) is 27.1 Å². The van der Waals surface area contributed by atoms with Gasteiger partial charge in [-0.1, -0.05) is 29.6 Å². The zero-order chi connectivity index (χ0) is 24.4. The molecule has 180 valence electrons. The van der Waals surface area contributed by atoms with Crippen LogP contribution in [0.1, 0.15) is 35.4 Å². The molecule has 2 N–H and O–H groups in total. The van der Waals surface area contributed by atoms with E-state index in [4.69, 9.17) is 23.2 Å². The summed E-state index contributed by atoms with van der Waals surface area (Å²) in [5.74, 6) is 0.0851. The molecule has 2 aromatic carbocycles. The number of aromatic nitrogens is 3. The van der Waals surface area contributed by atoms with E-state index in [9.17, 15) is 9.90 Å². The Morgan fingerprint density at radius 2 is 1.86 bits per heavy atom. The third-order valence-electron chi connectivity index (χ3n) is 5.93. The van der Waals surface area contributed by atoms with Crippen LogP contribution < -0.4 is 5.43 Å². The number of hydrazine groups is 1. The van der Waals surface area contributed by atoms with E-state index < -0.39 is 0 Å². The molecule has 1 saturated heterocycles. The number of nitrogens with one attached hydrogen (secondary N) is 1. The van der Waals surface area contributed by atoms with Crippen LogP contribution in [0, 0.1) is 0 Å². The van der Waals surface area contributed by atoms with Gasteiger partial charge in [0.1, 0.15) is 10.8 Å². The van der Waals surface area contributed by atoms with Crippen molar-refractivity contribution in [2.45, 2.75) is 25.9 Å². The number of amides is 1. The molecular formula is C25H23Cl2N5O2S. The van der Waals surface area contributed by atoms with Gasteiger partial charge < -0.3 is 5.11 Å². The van der Waals surface area contributed by atoms with Crippen molar-refractivity contribution in [3.05, 3.63) is 75.5 Å². The average molecular weight is 528 g/mol. The number of hydrogen-bond acceptors (Lipinski definition) is 6. The van der Waals surface area contributed by atoms with Crippen LogP contribution in [0.25, 0.3) is 27.6 Å². The molecule has 0 bridgehead atoms. The fourth-order valence-corrected chi connectivity index (χ4v) is 5.37. The molecule has 1 amide bonds. The van der Waals surface area contributed by atoms with Crippen molar-refractivity contribution in [2.24, 2.45) is 0 Å². The minimum Gasteiger partial charge on any atom is -0.390 e. The van der Waals surface area contributed by atoms with Crippen LogP contribution in [0.2, 0.25) is 10.0 Å². The molecule has 7 nitrogen and oxygen atoms in total. The van der Waals surface area contributed by atoms with Gasteiger partial charge in [0.2, 0.25) is 0 Å². The molecule has 0 radical (unpaired) electrons. The highest BCUT2D eigenvalue weighted by Gasteiger charge is 2.26. The highest BCUT2D eigenvalue weighted by Crippen LogP contribution is 2.34. The second kappa shape index (κ2) is 10.5. The maximum atomic E-state index is 13.3. The SMILES string of the molecule is O=C(NN1CCCCC1)c1nc(-c2ccc(Cl)cc2Cl)n(-c2ccc(-c3nccs3)cc2)c1CO. The number of nitrogens with zero attached hydrogens (tertiary/aromatic N) is 4.